The molecule has 0 amide bonds. The van der Waals surface area contributed by atoms with E-state index in [2.05, 4.69) is 6.92 Å². The number of benzene rings is 1. The molecule has 0 saturated carbocycles. The lowest BCUT2D eigenvalue weighted by atomic mass is 10.1. The number of aliphatic hydroxyl groups excluding tert-OH is 1. The van der Waals surface area contributed by atoms with Crippen molar-refractivity contribution in [3.05, 3.63) is 34.9 Å². The van der Waals surface area contributed by atoms with Crippen molar-refractivity contribution < 1.29 is 9.84 Å². The summed E-state index contributed by atoms with van der Waals surface area (Å²) in [5.41, 5.74) is 0.996. The molecule has 1 unspecified atom stereocenters. The molecule has 17 heavy (non-hydrogen) atoms. The van der Waals surface area contributed by atoms with Crippen LogP contribution in [0.4, 0.5) is 0 Å². The SMILES string of the molecule is CCCCOCCC(O)Cc1ccccc1Cl. The van der Waals surface area contributed by atoms with Crippen LogP contribution in [0.15, 0.2) is 24.3 Å². The Morgan fingerprint density at radius 3 is 2.76 bits per heavy atom. The van der Waals surface area contributed by atoms with Gasteiger partial charge in [0.1, 0.15) is 0 Å². The van der Waals surface area contributed by atoms with Crippen molar-refractivity contribution in [3.8, 4) is 0 Å². The standard InChI is InChI=1S/C14H21ClO2/c1-2-3-9-17-10-8-13(16)11-12-6-4-5-7-14(12)15/h4-7,13,16H,2-3,8-11H2,1H3. The molecule has 1 aromatic carbocycles. The first-order valence-electron chi connectivity index (χ1n) is 6.23. The first kappa shape index (κ1) is 14.5. The second-order valence-corrected chi connectivity index (χ2v) is 4.61. The number of rotatable bonds is 8. The Labute approximate surface area is 109 Å². The van der Waals surface area contributed by atoms with Gasteiger partial charge in [-0.25, -0.2) is 0 Å². The maximum Gasteiger partial charge on any atom is 0.0603 e. The van der Waals surface area contributed by atoms with Crippen molar-refractivity contribution >= 4 is 11.6 Å². The van der Waals surface area contributed by atoms with Crippen LogP contribution in [0.1, 0.15) is 31.7 Å². The molecule has 96 valence electrons. The molecule has 0 heterocycles. The Morgan fingerprint density at radius 2 is 2.06 bits per heavy atom. The van der Waals surface area contributed by atoms with Gasteiger partial charge in [0.05, 0.1) is 6.10 Å². The highest BCUT2D eigenvalue weighted by Crippen LogP contribution is 2.17. The predicted molar refractivity (Wildman–Crippen MR) is 71.5 cm³/mol. The summed E-state index contributed by atoms with van der Waals surface area (Å²) in [6.07, 6.45) is 3.10. The third-order valence-corrected chi connectivity index (χ3v) is 3.02. The number of hydrogen-bond donors (Lipinski definition) is 1. The molecule has 0 bridgehead atoms. The molecule has 0 aliphatic heterocycles. The summed E-state index contributed by atoms with van der Waals surface area (Å²) in [7, 11) is 0. The molecule has 1 aromatic rings. The van der Waals surface area contributed by atoms with Crippen LogP contribution in [0.2, 0.25) is 5.02 Å². The monoisotopic (exact) mass is 256 g/mol. The molecular formula is C14H21ClO2. The zero-order chi connectivity index (χ0) is 12.5. The minimum Gasteiger partial charge on any atom is -0.393 e. The number of unbranched alkanes of at least 4 members (excludes halogenated alkanes) is 1. The molecule has 0 aliphatic carbocycles. The molecule has 3 heteroatoms. The lowest BCUT2D eigenvalue weighted by Gasteiger charge is -2.11. The fourth-order valence-corrected chi connectivity index (χ4v) is 1.80. The Hall–Kier alpha value is -0.570. The van der Waals surface area contributed by atoms with E-state index >= 15 is 0 Å². The minimum absolute atomic E-state index is 0.378. The van der Waals surface area contributed by atoms with Crippen LogP contribution in [0, 0.1) is 0 Å². The summed E-state index contributed by atoms with van der Waals surface area (Å²) >= 11 is 6.03. The van der Waals surface area contributed by atoms with Crippen LogP contribution in [-0.4, -0.2) is 24.4 Å². The van der Waals surface area contributed by atoms with E-state index in [9.17, 15) is 5.11 Å². The summed E-state index contributed by atoms with van der Waals surface area (Å²) in [4.78, 5) is 0. The van der Waals surface area contributed by atoms with Gasteiger partial charge < -0.3 is 9.84 Å². The highest BCUT2D eigenvalue weighted by Gasteiger charge is 2.07. The van der Waals surface area contributed by atoms with Crippen molar-refractivity contribution in [2.24, 2.45) is 0 Å². The number of ether oxygens (including phenoxy) is 1. The predicted octanol–water partition coefficient (Wildman–Crippen LogP) is 3.45. The second-order valence-electron chi connectivity index (χ2n) is 4.20. The highest BCUT2D eigenvalue weighted by molar-refractivity contribution is 6.31. The van der Waals surface area contributed by atoms with Crippen LogP contribution >= 0.6 is 11.6 Å². The Morgan fingerprint density at radius 1 is 1.29 bits per heavy atom. The zero-order valence-electron chi connectivity index (χ0n) is 10.4. The van der Waals surface area contributed by atoms with E-state index in [1.165, 1.54) is 0 Å². The van der Waals surface area contributed by atoms with Gasteiger partial charge in [-0.2, -0.15) is 0 Å². The van der Waals surface area contributed by atoms with Crippen LogP contribution in [0.5, 0.6) is 0 Å². The molecule has 0 aliphatic rings. The summed E-state index contributed by atoms with van der Waals surface area (Å²) < 4.78 is 5.42. The normalized spacial score (nSPS) is 12.6. The van der Waals surface area contributed by atoms with Crippen LogP contribution in [0.3, 0.4) is 0 Å². The summed E-state index contributed by atoms with van der Waals surface area (Å²) in [5, 5.41) is 10.6. The number of hydrogen-bond acceptors (Lipinski definition) is 2. The first-order chi connectivity index (χ1) is 8.24. The molecule has 0 radical (unpaired) electrons. The molecule has 2 nitrogen and oxygen atoms in total. The average Bonchev–Trinajstić information content (AvgIpc) is 2.32. The van der Waals surface area contributed by atoms with Crippen molar-refractivity contribution in [2.75, 3.05) is 13.2 Å². The summed E-state index contributed by atoms with van der Waals surface area (Å²) in [6, 6.07) is 7.63. The van der Waals surface area contributed by atoms with E-state index in [4.69, 9.17) is 16.3 Å². The van der Waals surface area contributed by atoms with Crippen molar-refractivity contribution in [1.29, 1.82) is 0 Å². The third kappa shape index (κ3) is 6.06. The molecule has 0 aromatic heterocycles. The van der Waals surface area contributed by atoms with Gasteiger partial charge in [0.2, 0.25) is 0 Å². The lowest BCUT2D eigenvalue weighted by Crippen LogP contribution is -2.14. The number of halogens is 1. The fraction of sp³-hybridized carbons (Fsp3) is 0.571. The number of aliphatic hydroxyl groups is 1. The lowest BCUT2D eigenvalue weighted by molar-refractivity contribution is 0.0807. The van der Waals surface area contributed by atoms with Crippen LogP contribution < -0.4 is 0 Å². The van der Waals surface area contributed by atoms with Gasteiger partial charge in [-0.15, -0.1) is 0 Å². The molecule has 0 spiro atoms. The van der Waals surface area contributed by atoms with E-state index in [0.29, 0.717) is 19.4 Å². The fourth-order valence-electron chi connectivity index (χ4n) is 1.59. The Kier molecular flexibility index (Phi) is 7.25. The van der Waals surface area contributed by atoms with E-state index in [1.54, 1.807) is 0 Å². The molecule has 1 N–H and O–H groups in total. The van der Waals surface area contributed by atoms with E-state index in [0.717, 1.165) is 30.0 Å². The third-order valence-electron chi connectivity index (χ3n) is 2.65. The minimum atomic E-state index is -0.378. The van der Waals surface area contributed by atoms with Gasteiger partial charge in [0.15, 0.2) is 0 Å². The van der Waals surface area contributed by atoms with Gasteiger partial charge in [-0.1, -0.05) is 43.1 Å². The largest absolute Gasteiger partial charge is 0.393 e. The van der Waals surface area contributed by atoms with Gasteiger partial charge >= 0.3 is 0 Å². The smallest absolute Gasteiger partial charge is 0.0603 e. The van der Waals surface area contributed by atoms with Gasteiger partial charge in [0, 0.05) is 18.2 Å². The quantitative estimate of drug-likeness (QED) is 0.722. The van der Waals surface area contributed by atoms with Crippen LogP contribution in [-0.2, 0) is 11.2 Å². The highest BCUT2D eigenvalue weighted by atomic mass is 35.5. The van der Waals surface area contributed by atoms with Crippen molar-refractivity contribution in [2.45, 2.75) is 38.7 Å². The summed E-state index contributed by atoms with van der Waals surface area (Å²) in [5.74, 6) is 0. The maximum atomic E-state index is 9.84. The van der Waals surface area contributed by atoms with Crippen molar-refractivity contribution in [1.82, 2.24) is 0 Å². The molecule has 0 saturated heterocycles. The zero-order valence-corrected chi connectivity index (χ0v) is 11.1. The van der Waals surface area contributed by atoms with Gasteiger partial charge in [-0.05, 0) is 30.9 Å². The first-order valence-corrected chi connectivity index (χ1v) is 6.61. The molecule has 0 fully saturated rings. The average molecular weight is 257 g/mol. The molecular weight excluding hydrogens is 236 g/mol. The van der Waals surface area contributed by atoms with Gasteiger partial charge in [0.25, 0.3) is 0 Å². The van der Waals surface area contributed by atoms with E-state index in [1.807, 2.05) is 24.3 Å². The van der Waals surface area contributed by atoms with E-state index in [-0.39, 0.29) is 6.10 Å². The second kappa shape index (κ2) is 8.51. The molecule has 1 atom stereocenters. The summed E-state index contributed by atoms with van der Waals surface area (Å²) in [6.45, 7) is 3.54. The molecule has 1 rings (SSSR count). The maximum absolute atomic E-state index is 9.84. The Bertz CT molecular complexity index is 315. The van der Waals surface area contributed by atoms with Crippen LogP contribution in [0.25, 0.3) is 0 Å². The Balaban J connectivity index is 2.21. The van der Waals surface area contributed by atoms with Crippen molar-refractivity contribution in [3.63, 3.8) is 0 Å². The van der Waals surface area contributed by atoms with Gasteiger partial charge in [-0.3, -0.25) is 0 Å². The van der Waals surface area contributed by atoms with E-state index < -0.39 is 0 Å². The topological polar surface area (TPSA) is 29.5 Å².